The number of aromatic nitrogens is 3. The second-order valence-electron chi connectivity index (χ2n) is 6.34. The normalized spacial score (nSPS) is 14.4. The second-order valence-corrected chi connectivity index (χ2v) is 6.74. The molecule has 0 atom stereocenters. The van der Waals surface area contributed by atoms with Crippen molar-refractivity contribution in [1.29, 1.82) is 0 Å². The van der Waals surface area contributed by atoms with Gasteiger partial charge in [-0.2, -0.15) is 13.2 Å². The van der Waals surface area contributed by atoms with Gasteiger partial charge in [-0.15, -0.1) is 0 Å². The van der Waals surface area contributed by atoms with Gasteiger partial charge in [-0.3, -0.25) is 9.78 Å². The van der Waals surface area contributed by atoms with Gasteiger partial charge >= 0.3 is 6.18 Å². The third-order valence-corrected chi connectivity index (χ3v) is 4.80. The molecule has 27 heavy (non-hydrogen) atoms. The number of pyridine rings is 2. The SMILES string of the molecule is O=C(Cn1cc(Cl)c2ncc(-c3cccc(C(F)(F)F)n3)cc21)N1CCC1. The Kier molecular flexibility index (Phi) is 4.30. The van der Waals surface area contributed by atoms with E-state index in [2.05, 4.69) is 9.97 Å². The van der Waals surface area contributed by atoms with Gasteiger partial charge in [0.1, 0.15) is 17.8 Å². The van der Waals surface area contributed by atoms with Crippen molar-refractivity contribution in [1.82, 2.24) is 19.4 Å². The summed E-state index contributed by atoms with van der Waals surface area (Å²) in [6.45, 7) is 1.58. The number of rotatable bonds is 3. The number of amides is 1. The average molecular weight is 395 g/mol. The number of carbonyl (C=O) groups excluding carboxylic acids is 1. The minimum absolute atomic E-state index is 0.0302. The van der Waals surface area contributed by atoms with Gasteiger partial charge < -0.3 is 9.47 Å². The van der Waals surface area contributed by atoms with E-state index in [1.54, 1.807) is 21.7 Å². The Morgan fingerprint density at radius 1 is 1.26 bits per heavy atom. The predicted octanol–water partition coefficient (Wildman–Crippen LogP) is 4.00. The van der Waals surface area contributed by atoms with Crippen molar-refractivity contribution in [2.45, 2.75) is 19.1 Å². The maximum Gasteiger partial charge on any atom is 0.433 e. The Morgan fingerprint density at radius 2 is 2.04 bits per heavy atom. The summed E-state index contributed by atoms with van der Waals surface area (Å²) in [5, 5.41) is 0.380. The summed E-state index contributed by atoms with van der Waals surface area (Å²) in [6.07, 6.45) is -0.495. The summed E-state index contributed by atoms with van der Waals surface area (Å²) in [5.74, 6) is -0.0302. The highest BCUT2D eigenvalue weighted by molar-refractivity contribution is 6.35. The molecule has 4 heterocycles. The van der Waals surface area contributed by atoms with E-state index in [1.807, 2.05) is 0 Å². The molecule has 0 aliphatic carbocycles. The van der Waals surface area contributed by atoms with E-state index in [9.17, 15) is 18.0 Å². The van der Waals surface area contributed by atoms with Crippen LogP contribution >= 0.6 is 11.6 Å². The van der Waals surface area contributed by atoms with Crippen LogP contribution in [-0.4, -0.2) is 38.4 Å². The van der Waals surface area contributed by atoms with Gasteiger partial charge in [-0.25, -0.2) is 4.98 Å². The molecule has 3 aromatic rings. The van der Waals surface area contributed by atoms with Crippen molar-refractivity contribution in [3.05, 3.63) is 47.4 Å². The van der Waals surface area contributed by atoms with Gasteiger partial charge in [0.2, 0.25) is 5.91 Å². The van der Waals surface area contributed by atoms with E-state index >= 15 is 0 Å². The number of likely N-dealkylation sites (tertiary alicyclic amines) is 1. The molecular weight excluding hydrogens is 381 g/mol. The maximum atomic E-state index is 12.9. The molecular formula is C18H14ClF3N4O. The fraction of sp³-hybridized carbons (Fsp3) is 0.278. The number of halogens is 4. The minimum Gasteiger partial charge on any atom is -0.341 e. The van der Waals surface area contributed by atoms with E-state index in [4.69, 9.17) is 11.6 Å². The van der Waals surface area contributed by atoms with Crippen molar-refractivity contribution in [2.24, 2.45) is 0 Å². The van der Waals surface area contributed by atoms with Crippen molar-refractivity contribution >= 4 is 28.5 Å². The van der Waals surface area contributed by atoms with Gasteiger partial charge in [0.05, 0.1) is 16.2 Å². The first-order valence-electron chi connectivity index (χ1n) is 8.30. The maximum absolute atomic E-state index is 12.9. The molecule has 1 fully saturated rings. The molecule has 0 spiro atoms. The molecule has 1 amide bonds. The summed E-state index contributed by atoms with van der Waals surface area (Å²) in [5.41, 5.74) is 0.661. The molecule has 0 N–H and O–H groups in total. The zero-order valence-electron chi connectivity index (χ0n) is 14.0. The minimum atomic E-state index is -4.53. The zero-order valence-corrected chi connectivity index (χ0v) is 14.8. The van der Waals surface area contributed by atoms with E-state index < -0.39 is 11.9 Å². The second kappa shape index (κ2) is 6.53. The fourth-order valence-electron chi connectivity index (χ4n) is 2.96. The summed E-state index contributed by atoms with van der Waals surface area (Å²) < 4.78 is 40.4. The van der Waals surface area contributed by atoms with E-state index in [-0.39, 0.29) is 18.1 Å². The van der Waals surface area contributed by atoms with Gasteiger partial charge in [-0.1, -0.05) is 17.7 Å². The fourth-order valence-corrected chi connectivity index (χ4v) is 3.22. The predicted molar refractivity (Wildman–Crippen MR) is 94.2 cm³/mol. The Bertz CT molecular complexity index is 1030. The van der Waals surface area contributed by atoms with Crippen LogP contribution < -0.4 is 0 Å². The highest BCUT2D eigenvalue weighted by Gasteiger charge is 2.32. The zero-order chi connectivity index (χ0) is 19.2. The van der Waals surface area contributed by atoms with Crippen LogP contribution in [0.25, 0.3) is 22.3 Å². The number of hydrogen-bond acceptors (Lipinski definition) is 3. The Hall–Kier alpha value is -2.61. The third kappa shape index (κ3) is 3.37. The lowest BCUT2D eigenvalue weighted by molar-refractivity contribution is -0.141. The monoisotopic (exact) mass is 394 g/mol. The largest absolute Gasteiger partial charge is 0.433 e. The van der Waals surface area contributed by atoms with E-state index in [1.165, 1.54) is 18.3 Å². The molecule has 140 valence electrons. The van der Waals surface area contributed by atoms with Crippen LogP contribution in [0.1, 0.15) is 12.1 Å². The summed E-state index contributed by atoms with van der Waals surface area (Å²) in [7, 11) is 0. The average Bonchev–Trinajstić information content (AvgIpc) is 2.88. The first-order valence-corrected chi connectivity index (χ1v) is 8.67. The molecule has 0 saturated carbocycles. The van der Waals surface area contributed by atoms with Crippen molar-refractivity contribution in [2.75, 3.05) is 13.1 Å². The molecule has 0 radical (unpaired) electrons. The number of hydrogen-bond donors (Lipinski definition) is 0. The topological polar surface area (TPSA) is 51.0 Å². The van der Waals surface area contributed by atoms with Crippen LogP contribution in [-0.2, 0) is 17.5 Å². The van der Waals surface area contributed by atoms with Crippen LogP contribution in [0.2, 0.25) is 5.02 Å². The molecule has 1 aliphatic rings. The Labute approximate surface area is 157 Å². The molecule has 0 bridgehead atoms. The summed E-state index contributed by atoms with van der Waals surface area (Å²) in [4.78, 5) is 21.9. The molecule has 1 saturated heterocycles. The van der Waals surface area contributed by atoms with Gasteiger partial charge in [0.15, 0.2) is 0 Å². The standard InChI is InChI=1S/C18H14ClF3N4O/c19-12-9-26(10-16(27)25-5-2-6-25)14-7-11(8-23-17(12)14)13-3-1-4-15(24-13)18(20,21)22/h1,3-4,7-9H,2,5-6,10H2. The van der Waals surface area contributed by atoms with Crippen molar-refractivity contribution in [3.63, 3.8) is 0 Å². The van der Waals surface area contributed by atoms with Crippen molar-refractivity contribution < 1.29 is 18.0 Å². The third-order valence-electron chi connectivity index (χ3n) is 4.52. The lowest BCUT2D eigenvalue weighted by atomic mass is 10.1. The molecule has 0 unspecified atom stereocenters. The molecule has 3 aromatic heterocycles. The number of nitrogens with zero attached hydrogens (tertiary/aromatic N) is 4. The van der Waals surface area contributed by atoms with E-state index in [0.29, 0.717) is 21.6 Å². The number of fused-ring (bicyclic) bond motifs is 1. The van der Waals surface area contributed by atoms with Crippen LogP contribution in [0.15, 0.2) is 36.7 Å². The number of alkyl halides is 3. The number of carbonyl (C=O) groups is 1. The lowest BCUT2D eigenvalue weighted by Gasteiger charge is -2.31. The van der Waals surface area contributed by atoms with Crippen LogP contribution in [0.5, 0.6) is 0 Å². The molecule has 9 heteroatoms. The van der Waals surface area contributed by atoms with Gasteiger partial charge in [0, 0.05) is 31.0 Å². The summed E-state index contributed by atoms with van der Waals surface area (Å²) in [6, 6.07) is 5.35. The summed E-state index contributed by atoms with van der Waals surface area (Å²) >= 11 is 6.20. The van der Waals surface area contributed by atoms with Gasteiger partial charge in [0.25, 0.3) is 0 Å². The highest BCUT2D eigenvalue weighted by atomic mass is 35.5. The van der Waals surface area contributed by atoms with Crippen molar-refractivity contribution in [3.8, 4) is 11.3 Å². The van der Waals surface area contributed by atoms with Crippen LogP contribution in [0.3, 0.4) is 0 Å². The smallest absolute Gasteiger partial charge is 0.341 e. The lowest BCUT2D eigenvalue weighted by Crippen LogP contribution is -2.43. The van der Waals surface area contributed by atoms with Crippen LogP contribution in [0, 0.1) is 0 Å². The molecule has 4 rings (SSSR count). The molecule has 1 aliphatic heterocycles. The van der Waals surface area contributed by atoms with Gasteiger partial charge in [-0.05, 0) is 24.6 Å². The highest BCUT2D eigenvalue weighted by Crippen LogP contribution is 2.31. The Balaban J connectivity index is 1.73. The van der Waals surface area contributed by atoms with E-state index in [0.717, 1.165) is 25.6 Å². The first kappa shape index (κ1) is 17.8. The molecule has 0 aromatic carbocycles. The Morgan fingerprint density at radius 3 is 2.70 bits per heavy atom. The quantitative estimate of drug-likeness (QED) is 0.674. The first-order chi connectivity index (χ1) is 12.8. The van der Waals surface area contributed by atoms with Crippen LogP contribution in [0.4, 0.5) is 13.2 Å². The molecule has 5 nitrogen and oxygen atoms in total.